The summed E-state index contributed by atoms with van der Waals surface area (Å²) in [6.45, 7) is 1.75. The Morgan fingerprint density at radius 2 is 2.29 bits per heavy atom. The lowest BCUT2D eigenvalue weighted by Gasteiger charge is -2.24. The van der Waals surface area contributed by atoms with Crippen LogP contribution < -0.4 is 4.90 Å². The van der Waals surface area contributed by atoms with E-state index in [1.807, 2.05) is 0 Å². The fourth-order valence-electron chi connectivity index (χ4n) is 2.12. The number of carboxylic acids is 1. The number of hydrogen-bond acceptors (Lipinski definition) is 2. The van der Waals surface area contributed by atoms with Gasteiger partial charge < -0.3 is 5.11 Å². The minimum absolute atomic E-state index is 0.184. The maximum atomic E-state index is 11.9. The van der Waals surface area contributed by atoms with Crippen LogP contribution in [0.1, 0.15) is 18.9 Å². The van der Waals surface area contributed by atoms with E-state index in [4.69, 9.17) is 16.7 Å². The molecule has 1 aromatic carbocycles. The third kappa shape index (κ3) is 2.00. The van der Waals surface area contributed by atoms with Crippen molar-refractivity contribution >= 4 is 29.2 Å². The molecule has 1 aromatic rings. The molecule has 0 saturated heterocycles. The van der Waals surface area contributed by atoms with E-state index in [2.05, 4.69) is 0 Å². The molecule has 1 atom stereocenters. The van der Waals surface area contributed by atoms with Crippen molar-refractivity contribution < 1.29 is 14.7 Å². The molecule has 0 aromatic heterocycles. The fraction of sp³-hybridized carbons (Fsp3) is 0.333. The number of carbonyl (C=O) groups excluding carboxylic acids is 1. The molecule has 1 amide bonds. The van der Waals surface area contributed by atoms with Crippen LogP contribution in [0, 0.1) is 0 Å². The van der Waals surface area contributed by atoms with Gasteiger partial charge in [0.2, 0.25) is 5.91 Å². The number of anilines is 1. The van der Waals surface area contributed by atoms with Crippen LogP contribution >= 0.6 is 11.6 Å². The van der Waals surface area contributed by atoms with Crippen molar-refractivity contribution in [2.24, 2.45) is 0 Å². The fourth-order valence-corrected chi connectivity index (χ4v) is 2.32. The highest BCUT2D eigenvalue weighted by Gasteiger charge is 2.35. The number of carbonyl (C=O) groups is 2. The number of halogens is 1. The first kappa shape index (κ1) is 11.9. The summed E-state index contributed by atoms with van der Waals surface area (Å²) < 4.78 is 0. The Labute approximate surface area is 104 Å². The van der Waals surface area contributed by atoms with E-state index < -0.39 is 12.0 Å². The van der Waals surface area contributed by atoms with E-state index in [0.717, 1.165) is 5.56 Å². The number of benzene rings is 1. The second kappa shape index (κ2) is 4.37. The molecular formula is C12H12ClNO3. The zero-order valence-corrected chi connectivity index (χ0v) is 10.1. The normalized spacial score (nSPS) is 15.9. The minimum atomic E-state index is -0.983. The van der Waals surface area contributed by atoms with E-state index in [1.54, 1.807) is 25.1 Å². The Kier molecular flexibility index (Phi) is 3.07. The van der Waals surface area contributed by atoms with Gasteiger partial charge in [0.15, 0.2) is 0 Å². The molecule has 1 N–H and O–H groups in total. The summed E-state index contributed by atoms with van der Waals surface area (Å²) in [7, 11) is 0. The van der Waals surface area contributed by atoms with Crippen LogP contribution in [0.2, 0.25) is 5.02 Å². The average Bonchev–Trinajstić information content (AvgIpc) is 2.55. The first-order valence-corrected chi connectivity index (χ1v) is 5.75. The topological polar surface area (TPSA) is 57.6 Å². The van der Waals surface area contributed by atoms with E-state index in [1.165, 1.54) is 4.90 Å². The number of aliphatic carboxylic acids is 1. The largest absolute Gasteiger partial charge is 0.480 e. The number of fused-ring (bicyclic) bond motifs is 1. The predicted octanol–water partition coefficient (Wildman–Crippen LogP) is 2.09. The van der Waals surface area contributed by atoms with Crippen LogP contribution in [-0.2, 0) is 16.0 Å². The van der Waals surface area contributed by atoms with Gasteiger partial charge in [-0.3, -0.25) is 9.69 Å². The molecule has 0 radical (unpaired) electrons. The number of rotatable bonds is 3. The molecule has 17 heavy (non-hydrogen) atoms. The molecule has 0 bridgehead atoms. The van der Waals surface area contributed by atoms with Gasteiger partial charge in [-0.2, -0.15) is 0 Å². The molecule has 0 spiro atoms. The number of hydrogen-bond donors (Lipinski definition) is 1. The van der Waals surface area contributed by atoms with Crippen LogP contribution in [0.25, 0.3) is 0 Å². The molecule has 0 fully saturated rings. The predicted molar refractivity (Wildman–Crippen MR) is 64.4 cm³/mol. The van der Waals surface area contributed by atoms with Gasteiger partial charge in [-0.15, -0.1) is 0 Å². The highest BCUT2D eigenvalue weighted by molar-refractivity contribution is 6.31. The summed E-state index contributed by atoms with van der Waals surface area (Å²) in [4.78, 5) is 24.3. The van der Waals surface area contributed by atoms with E-state index in [9.17, 15) is 9.59 Å². The molecule has 1 heterocycles. The second-order valence-corrected chi connectivity index (χ2v) is 4.41. The minimum Gasteiger partial charge on any atom is -0.480 e. The number of nitrogens with zero attached hydrogens (tertiary/aromatic N) is 1. The van der Waals surface area contributed by atoms with Gasteiger partial charge in [-0.1, -0.05) is 18.5 Å². The van der Waals surface area contributed by atoms with Gasteiger partial charge in [0.05, 0.1) is 6.42 Å². The zero-order valence-electron chi connectivity index (χ0n) is 9.31. The van der Waals surface area contributed by atoms with Gasteiger partial charge in [0.25, 0.3) is 0 Å². The summed E-state index contributed by atoms with van der Waals surface area (Å²) in [5.41, 5.74) is 1.45. The zero-order chi connectivity index (χ0) is 12.6. The number of carboxylic acid groups (broad SMARTS) is 1. The lowest BCUT2D eigenvalue weighted by Crippen LogP contribution is -2.42. The molecule has 1 aliphatic rings. The van der Waals surface area contributed by atoms with Crippen molar-refractivity contribution in [1.82, 2.24) is 0 Å². The molecule has 1 aliphatic heterocycles. The summed E-state index contributed by atoms with van der Waals surface area (Å²) in [6, 6.07) is 4.28. The second-order valence-electron chi connectivity index (χ2n) is 3.98. The van der Waals surface area contributed by atoms with Crippen molar-refractivity contribution in [3.8, 4) is 0 Å². The van der Waals surface area contributed by atoms with Crippen molar-refractivity contribution in [3.05, 3.63) is 28.8 Å². The lowest BCUT2D eigenvalue weighted by molar-refractivity contribution is -0.140. The maximum absolute atomic E-state index is 11.9. The maximum Gasteiger partial charge on any atom is 0.326 e. The molecule has 0 saturated carbocycles. The Morgan fingerprint density at radius 3 is 2.88 bits per heavy atom. The standard InChI is InChI=1S/C12H12ClNO3/c1-2-9(12(16)17)14-10-4-3-8(13)5-7(10)6-11(14)15/h3-5,9H,2,6H2,1H3,(H,16,17). The molecule has 4 nitrogen and oxygen atoms in total. The number of amides is 1. The highest BCUT2D eigenvalue weighted by Crippen LogP contribution is 2.33. The third-order valence-corrected chi connectivity index (χ3v) is 3.13. The molecule has 2 rings (SSSR count). The first-order chi connectivity index (χ1) is 8.04. The van der Waals surface area contributed by atoms with Crippen LogP contribution in [0.5, 0.6) is 0 Å². The average molecular weight is 254 g/mol. The van der Waals surface area contributed by atoms with Crippen molar-refractivity contribution in [1.29, 1.82) is 0 Å². The van der Waals surface area contributed by atoms with Crippen LogP contribution in [0.4, 0.5) is 5.69 Å². The van der Waals surface area contributed by atoms with Crippen molar-refractivity contribution in [2.75, 3.05) is 4.90 Å². The quantitative estimate of drug-likeness (QED) is 0.897. The van der Waals surface area contributed by atoms with Gasteiger partial charge in [0.1, 0.15) is 6.04 Å². The molecule has 1 unspecified atom stereocenters. The molecule has 0 aliphatic carbocycles. The first-order valence-electron chi connectivity index (χ1n) is 5.38. The molecule has 90 valence electrons. The van der Waals surface area contributed by atoms with Gasteiger partial charge in [-0.05, 0) is 30.2 Å². The van der Waals surface area contributed by atoms with Crippen LogP contribution in [0.15, 0.2) is 18.2 Å². The summed E-state index contributed by atoms with van der Waals surface area (Å²) in [5.74, 6) is -1.17. The Hall–Kier alpha value is -1.55. The molecular weight excluding hydrogens is 242 g/mol. The molecule has 5 heteroatoms. The van der Waals surface area contributed by atoms with Crippen molar-refractivity contribution in [2.45, 2.75) is 25.8 Å². The van der Waals surface area contributed by atoms with Crippen LogP contribution in [0.3, 0.4) is 0 Å². The van der Waals surface area contributed by atoms with E-state index in [-0.39, 0.29) is 12.3 Å². The lowest BCUT2D eigenvalue weighted by atomic mass is 10.1. The van der Waals surface area contributed by atoms with Gasteiger partial charge in [-0.25, -0.2) is 4.79 Å². The highest BCUT2D eigenvalue weighted by atomic mass is 35.5. The third-order valence-electron chi connectivity index (χ3n) is 2.89. The summed E-state index contributed by atoms with van der Waals surface area (Å²) in [6.07, 6.45) is 0.600. The van der Waals surface area contributed by atoms with Gasteiger partial charge in [0, 0.05) is 10.7 Å². The van der Waals surface area contributed by atoms with Crippen LogP contribution in [-0.4, -0.2) is 23.0 Å². The Balaban J connectivity index is 2.44. The monoisotopic (exact) mass is 253 g/mol. The smallest absolute Gasteiger partial charge is 0.326 e. The summed E-state index contributed by atoms with van der Waals surface area (Å²) >= 11 is 5.85. The van der Waals surface area contributed by atoms with Crippen molar-refractivity contribution in [3.63, 3.8) is 0 Å². The van der Waals surface area contributed by atoms with Gasteiger partial charge >= 0.3 is 5.97 Å². The van der Waals surface area contributed by atoms with E-state index >= 15 is 0 Å². The summed E-state index contributed by atoms with van der Waals surface area (Å²) in [5, 5.41) is 9.67. The Morgan fingerprint density at radius 1 is 1.59 bits per heavy atom. The SMILES string of the molecule is CCC(C(=O)O)N1C(=O)Cc2cc(Cl)ccc21. The Bertz CT molecular complexity index is 487. The van der Waals surface area contributed by atoms with E-state index in [0.29, 0.717) is 17.1 Å².